The molecular weight excluding hydrogens is 224 g/mol. The predicted octanol–water partition coefficient (Wildman–Crippen LogP) is 3.26. The van der Waals surface area contributed by atoms with Crippen LogP contribution in [0.2, 0.25) is 5.15 Å². The molecule has 0 bridgehead atoms. The first-order valence-corrected chi connectivity index (χ1v) is 6.31. The molecule has 1 aromatic rings. The van der Waals surface area contributed by atoms with E-state index in [0.717, 1.165) is 18.6 Å². The molecule has 1 heterocycles. The van der Waals surface area contributed by atoms with Gasteiger partial charge in [0.25, 0.3) is 0 Å². The topological polar surface area (TPSA) is 35.0 Å². The number of rotatable bonds is 4. The van der Waals surface area contributed by atoms with E-state index in [-0.39, 0.29) is 0 Å². The molecule has 1 fully saturated rings. The molecule has 0 atom stereocenters. The third-order valence-electron chi connectivity index (χ3n) is 3.14. The van der Waals surface area contributed by atoms with Crippen molar-refractivity contribution in [2.75, 3.05) is 6.61 Å². The molecule has 0 amide bonds. The number of aromatic nitrogens is 2. The summed E-state index contributed by atoms with van der Waals surface area (Å²) < 4.78 is 5.76. The average Bonchev–Trinajstić information content (AvgIpc) is 2.79. The third-order valence-corrected chi connectivity index (χ3v) is 3.46. The van der Waals surface area contributed by atoms with E-state index in [1.54, 1.807) is 0 Å². The number of hydrogen-bond acceptors (Lipinski definition) is 3. The Hall–Kier alpha value is -0.830. The van der Waals surface area contributed by atoms with E-state index in [1.807, 2.05) is 6.92 Å². The fourth-order valence-corrected chi connectivity index (χ4v) is 2.43. The average molecular weight is 241 g/mol. The van der Waals surface area contributed by atoms with Gasteiger partial charge in [-0.1, -0.05) is 31.4 Å². The van der Waals surface area contributed by atoms with Crippen LogP contribution in [0.15, 0.2) is 6.33 Å². The van der Waals surface area contributed by atoms with Crippen LogP contribution in [-0.2, 0) is 6.42 Å². The molecule has 0 saturated heterocycles. The van der Waals surface area contributed by atoms with Gasteiger partial charge in [-0.05, 0) is 25.2 Å². The molecule has 2 rings (SSSR count). The summed E-state index contributed by atoms with van der Waals surface area (Å²) in [6.07, 6.45) is 7.49. The van der Waals surface area contributed by atoms with E-state index in [1.165, 1.54) is 32.0 Å². The minimum absolute atomic E-state index is 0.513. The van der Waals surface area contributed by atoms with Gasteiger partial charge in [0, 0.05) is 0 Å². The Morgan fingerprint density at radius 2 is 2.12 bits per heavy atom. The molecule has 1 aromatic heterocycles. The Labute approximate surface area is 101 Å². The number of ether oxygens (including phenoxy) is 1. The molecule has 1 aliphatic carbocycles. The van der Waals surface area contributed by atoms with Gasteiger partial charge in [0.2, 0.25) is 5.88 Å². The second kappa shape index (κ2) is 5.48. The van der Waals surface area contributed by atoms with Gasteiger partial charge in [-0.2, -0.15) is 0 Å². The van der Waals surface area contributed by atoms with Crippen LogP contribution in [0.5, 0.6) is 5.88 Å². The summed E-state index contributed by atoms with van der Waals surface area (Å²) in [6, 6.07) is 0. The Balaban J connectivity index is 2.00. The lowest BCUT2D eigenvalue weighted by Crippen LogP contribution is -2.10. The van der Waals surface area contributed by atoms with Crippen LogP contribution >= 0.6 is 11.6 Å². The van der Waals surface area contributed by atoms with Gasteiger partial charge in [-0.3, -0.25) is 0 Å². The maximum absolute atomic E-state index is 5.99. The molecule has 0 aromatic carbocycles. The van der Waals surface area contributed by atoms with Crippen LogP contribution in [0.1, 0.15) is 38.2 Å². The maximum Gasteiger partial charge on any atom is 0.221 e. The lowest BCUT2D eigenvalue weighted by Gasteiger charge is -2.13. The lowest BCUT2D eigenvalue weighted by molar-refractivity contribution is 0.241. The van der Waals surface area contributed by atoms with Gasteiger partial charge in [-0.15, -0.1) is 0 Å². The van der Waals surface area contributed by atoms with Gasteiger partial charge >= 0.3 is 0 Å². The van der Waals surface area contributed by atoms with Crippen molar-refractivity contribution in [3.8, 4) is 5.88 Å². The van der Waals surface area contributed by atoms with Crippen LogP contribution in [-0.4, -0.2) is 16.6 Å². The van der Waals surface area contributed by atoms with Crippen molar-refractivity contribution in [1.29, 1.82) is 0 Å². The highest BCUT2D eigenvalue weighted by Gasteiger charge is 2.17. The first kappa shape index (κ1) is 11.6. The molecule has 1 saturated carbocycles. The number of nitrogens with zero attached hydrogens (tertiary/aromatic N) is 2. The molecule has 1 aliphatic rings. The largest absolute Gasteiger partial charge is 0.477 e. The third kappa shape index (κ3) is 2.64. The quantitative estimate of drug-likeness (QED) is 0.758. The van der Waals surface area contributed by atoms with Crippen molar-refractivity contribution in [1.82, 2.24) is 9.97 Å². The van der Waals surface area contributed by atoms with E-state index >= 15 is 0 Å². The second-order valence-electron chi connectivity index (χ2n) is 4.26. The van der Waals surface area contributed by atoms with Gasteiger partial charge in [0.15, 0.2) is 0 Å². The molecule has 0 radical (unpaired) electrons. The lowest BCUT2D eigenvalue weighted by atomic mass is 10.1. The Bertz CT molecular complexity index is 351. The van der Waals surface area contributed by atoms with Crippen LogP contribution in [0, 0.1) is 5.92 Å². The molecule has 4 heteroatoms. The Kier molecular flexibility index (Phi) is 3.99. The highest BCUT2D eigenvalue weighted by atomic mass is 35.5. The summed E-state index contributed by atoms with van der Waals surface area (Å²) in [5, 5.41) is 0.513. The molecule has 0 spiro atoms. The van der Waals surface area contributed by atoms with E-state index < -0.39 is 0 Å². The van der Waals surface area contributed by atoms with E-state index in [0.29, 0.717) is 17.0 Å². The van der Waals surface area contributed by atoms with Crippen LogP contribution < -0.4 is 4.74 Å². The van der Waals surface area contributed by atoms with Crippen molar-refractivity contribution in [2.45, 2.75) is 39.0 Å². The van der Waals surface area contributed by atoms with Gasteiger partial charge in [-0.25, -0.2) is 9.97 Å². The second-order valence-corrected chi connectivity index (χ2v) is 4.62. The van der Waals surface area contributed by atoms with Crippen molar-refractivity contribution in [2.24, 2.45) is 5.92 Å². The summed E-state index contributed by atoms with van der Waals surface area (Å²) in [5.41, 5.74) is 0.919. The molecule has 0 aliphatic heterocycles. The zero-order valence-corrected chi connectivity index (χ0v) is 10.3. The summed E-state index contributed by atoms with van der Waals surface area (Å²) in [4.78, 5) is 8.12. The number of halogens is 1. The first-order valence-electron chi connectivity index (χ1n) is 5.93. The van der Waals surface area contributed by atoms with E-state index in [9.17, 15) is 0 Å². The molecule has 16 heavy (non-hydrogen) atoms. The van der Waals surface area contributed by atoms with E-state index in [4.69, 9.17) is 16.3 Å². The predicted molar refractivity (Wildman–Crippen MR) is 63.9 cm³/mol. The van der Waals surface area contributed by atoms with Gasteiger partial charge < -0.3 is 4.74 Å². The summed E-state index contributed by atoms with van der Waals surface area (Å²) in [6.45, 7) is 2.80. The van der Waals surface area contributed by atoms with Crippen LogP contribution in [0.25, 0.3) is 0 Å². The minimum Gasteiger partial charge on any atom is -0.477 e. The van der Waals surface area contributed by atoms with Crippen molar-refractivity contribution in [3.05, 3.63) is 17.0 Å². The molecule has 0 unspecified atom stereocenters. The fraction of sp³-hybridized carbons (Fsp3) is 0.667. The molecular formula is C12H17ClN2O. The fourth-order valence-electron chi connectivity index (χ4n) is 2.17. The molecule has 0 N–H and O–H groups in total. The zero-order chi connectivity index (χ0) is 11.4. The molecule has 88 valence electrons. The van der Waals surface area contributed by atoms with Crippen LogP contribution in [0.3, 0.4) is 0 Å². The van der Waals surface area contributed by atoms with Crippen LogP contribution in [0.4, 0.5) is 0 Å². The summed E-state index contributed by atoms with van der Waals surface area (Å²) >= 11 is 5.99. The molecule has 3 nitrogen and oxygen atoms in total. The maximum atomic E-state index is 5.99. The normalized spacial score (nSPS) is 16.6. The van der Waals surface area contributed by atoms with Gasteiger partial charge in [0.05, 0.1) is 12.2 Å². The zero-order valence-electron chi connectivity index (χ0n) is 9.58. The van der Waals surface area contributed by atoms with Crippen molar-refractivity contribution < 1.29 is 4.74 Å². The first-order chi connectivity index (χ1) is 7.81. The highest BCUT2D eigenvalue weighted by molar-refractivity contribution is 6.30. The van der Waals surface area contributed by atoms with E-state index in [2.05, 4.69) is 9.97 Å². The smallest absolute Gasteiger partial charge is 0.221 e. The van der Waals surface area contributed by atoms with Crippen molar-refractivity contribution in [3.63, 3.8) is 0 Å². The number of hydrogen-bond donors (Lipinski definition) is 0. The standard InChI is InChI=1S/C12H17ClN2O/c1-2-10-11(13)14-8-15-12(10)16-7-9-5-3-4-6-9/h8-9H,2-7H2,1H3. The highest BCUT2D eigenvalue weighted by Crippen LogP contribution is 2.27. The Morgan fingerprint density at radius 3 is 2.81 bits per heavy atom. The monoisotopic (exact) mass is 240 g/mol. The van der Waals surface area contributed by atoms with Gasteiger partial charge in [0.1, 0.15) is 11.5 Å². The van der Waals surface area contributed by atoms with Crippen molar-refractivity contribution >= 4 is 11.6 Å². The SMILES string of the molecule is CCc1c(Cl)ncnc1OCC1CCCC1. The minimum atomic E-state index is 0.513. The summed E-state index contributed by atoms with van der Waals surface area (Å²) in [7, 11) is 0. The summed E-state index contributed by atoms with van der Waals surface area (Å²) in [5.74, 6) is 1.35. The Morgan fingerprint density at radius 1 is 1.38 bits per heavy atom.